The minimum Gasteiger partial charge on any atom is -0.0683 e. The molecule has 0 N–H and O–H groups in total. The van der Waals surface area contributed by atoms with Crippen LogP contribution < -0.4 is 0 Å². The molecule has 0 aliphatic rings. The van der Waals surface area contributed by atoms with Gasteiger partial charge in [0.05, 0.1) is 24.6 Å². The van der Waals surface area contributed by atoms with Crippen LogP contribution in [0.3, 0.4) is 0 Å². The second-order valence-corrected chi connectivity index (χ2v) is 16.0. The summed E-state index contributed by atoms with van der Waals surface area (Å²) < 4.78 is 0. The molecule has 0 fully saturated rings. The normalized spacial score (nSPS) is 13.7. The van der Waals surface area contributed by atoms with E-state index in [2.05, 4.69) is 120 Å². The lowest BCUT2D eigenvalue weighted by atomic mass is 9.77. The third-order valence-corrected chi connectivity index (χ3v) is 14.0. The average Bonchev–Trinajstić information content (AvgIpc) is 3.00. The van der Waals surface area contributed by atoms with E-state index in [1.165, 1.54) is 80.7 Å². The summed E-state index contributed by atoms with van der Waals surface area (Å²) in [4.78, 5) is 0. The zero-order valence-corrected chi connectivity index (χ0v) is 27.9. The van der Waals surface area contributed by atoms with Crippen LogP contribution in [0.2, 0.25) is 0 Å². The van der Waals surface area contributed by atoms with Crippen molar-refractivity contribution in [1.82, 2.24) is 0 Å². The van der Waals surface area contributed by atoms with E-state index in [4.69, 9.17) is 0 Å². The van der Waals surface area contributed by atoms with Gasteiger partial charge in [0.2, 0.25) is 0 Å². The monoisotopic (exact) mass is 559 g/mol. The third-order valence-electron chi connectivity index (χ3n) is 8.73. The SMILES string of the molecule is CC.CCC[P+](CCC)(CCC)Cc1ccc(C(CC(CC)c2ccccc2)CC(CC)c2ccccc2)cc1. The van der Waals surface area contributed by atoms with Gasteiger partial charge in [0.25, 0.3) is 0 Å². The van der Waals surface area contributed by atoms with Gasteiger partial charge in [-0.15, -0.1) is 0 Å². The van der Waals surface area contributed by atoms with Crippen molar-refractivity contribution in [2.24, 2.45) is 0 Å². The highest BCUT2D eigenvalue weighted by Crippen LogP contribution is 2.62. The first-order valence-electron chi connectivity index (χ1n) is 16.6. The summed E-state index contributed by atoms with van der Waals surface area (Å²) >= 11 is 0. The van der Waals surface area contributed by atoms with Gasteiger partial charge in [-0.25, -0.2) is 0 Å². The molecule has 0 radical (unpaired) electrons. The smallest absolute Gasteiger partial charge is 0.0683 e. The van der Waals surface area contributed by atoms with Crippen molar-refractivity contribution in [2.45, 2.75) is 117 Å². The molecule has 40 heavy (non-hydrogen) atoms. The summed E-state index contributed by atoms with van der Waals surface area (Å²) in [6, 6.07) is 32.5. The van der Waals surface area contributed by atoms with Gasteiger partial charge in [0.15, 0.2) is 0 Å². The maximum atomic E-state index is 2.51. The predicted octanol–water partition coefficient (Wildman–Crippen LogP) is 12.7. The van der Waals surface area contributed by atoms with Gasteiger partial charge in [-0.05, 0) is 85.0 Å². The van der Waals surface area contributed by atoms with E-state index >= 15 is 0 Å². The van der Waals surface area contributed by atoms with Crippen LogP contribution >= 0.6 is 7.26 Å². The van der Waals surface area contributed by atoms with Crippen LogP contribution in [0.25, 0.3) is 0 Å². The van der Waals surface area contributed by atoms with Crippen LogP contribution in [0, 0.1) is 0 Å². The largest absolute Gasteiger partial charge is 0.0842 e. The summed E-state index contributed by atoms with van der Waals surface area (Å²) in [5.41, 5.74) is 6.12. The Morgan fingerprint density at radius 1 is 0.475 bits per heavy atom. The van der Waals surface area contributed by atoms with Crippen LogP contribution in [0.5, 0.6) is 0 Å². The van der Waals surface area contributed by atoms with Gasteiger partial charge in [-0.2, -0.15) is 0 Å². The molecule has 220 valence electrons. The molecule has 0 saturated carbocycles. The van der Waals surface area contributed by atoms with Crippen molar-refractivity contribution < 1.29 is 0 Å². The van der Waals surface area contributed by atoms with Crippen LogP contribution in [-0.4, -0.2) is 18.5 Å². The summed E-state index contributed by atoms with van der Waals surface area (Å²) in [5, 5.41) is 0. The summed E-state index contributed by atoms with van der Waals surface area (Å²) in [6.45, 7) is 15.9. The second kappa shape index (κ2) is 19.3. The van der Waals surface area contributed by atoms with Crippen molar-refractivity contribution in [2.75, 3.05) is 18.5 Å². The van der Waals surface area contributed by atoms with Crippen molar-refractivity contribution in [3.63, 3.8) is 0 Å². The van der Waals surface area contributed by atoms with E-state index in [-0.39, 0.29) is 0 Å². The minimum atomic E-state index is -0.892. The molecule has 3 aromatic rings. The lowest BCUT2D eigenvalue weighted by molar-refractivity contribution is 0.450. The zero-order valence-electron chi connectivity index (χ0n) is 27.0. The Hall–Kier alpha value is -1.91. The fourth-order valence-electron chi connectivity index (χ4n) is 6.86. The Morgan fingerprint density at radius 3 is 1.20 bits per heavy atom. The van der Waals surface area contributed by atoms with Gasteiger partial charge < -0.3 is 0 Å². The first-order valence-corrected chi connectivity index (χ1v) is 19.1. The molecule has 2 atom stereocenters. The summed E-state index contributed by atoms with van der Waals surface area (Å²) in [6.07, 6.45) is 14.6. The molecule has 0 bridgehead atoms. The minimum absolute atomic E-state index is 0.570. The molecular formula is C39H60P+. The fraction of sp³-hybridized carbons (Fsp3) is 0.538. The van der Waals surface area contributed by atoms with Gasteiger partial charge in [-0.1, -0.05) is 133 Å². The van der Waals surface area contributed by atoms with E-state index in [1.54, 1.807) is 11.1 Å². The third kappa shape index (κ3) is 10.5. The van der Waals surface area contributed by atoms with E-state index < -0.39 is 7.26 Å². The van der Waals surface area contributed by atoms with E-state index in [0.29, 0.717) is 17.8 Å². The fourth-order valence-corrected chi connectivity index (χ4v) is 11.8. The number of hydrogen-bond donors (Lipinski definition) is 0. The molecule has 0 saturated heterocycles. The lowest BCUT2D eigenvalue weighted by Crippen LogP contribution is -2.12. The molecule has 3 rings (SSSR count). The average molecular weight is 560 g/mol. The Balaban J connectivity index is 0.00000274. The molecule has 2 unspecified atom stereocenters. The number of hydrogen-bond acceptors (Lipinski definition) is 0. The number of benzene rings is 3. The molecule has 1 heteroatoms. The van der Waals surface area contributed by atoms with Crippen LogP contribution in [0.1, 0.15) is 133 Å². The van der Waals surface area contributed by atoms with Crippen molar-refractivity contribution in [1.29, 1.82) is 0 Å². The highest BCUT2D eigenvalue weighted by atomic mass is 31.2. The highest BCUT2D eigenvalue weighted by Gasteiger charge is 2.34. The summed E-state index contributed by atoms with van der Waals surface area (Å²) in [7, 11) is -0.892. The van der Waals surface area contributed by atoms with Crippen molar-refractivity contribution in [3.05, 3.63) is 107 Å². The molecule has 0 nitrogen and oxygen atoms in total. The molecule has 0 spiro atoms. The maximum absolute atomic E-state index is 2.51. The zero-order chi connectivity index (χ0) is 29.2. The first kappa shape index (κ1) is 34.3. The Bertz CT molecular complexity index is 941. The van der Waals surface area contributed by atoms with Gasteiger partial charge >= 0.3 is 0 Å². The van der Waals surface area contributed by atoms with Gasteiger partial charge in [0.1, 0.15) is 0 Å². The Kier molecular flexibility index (Phi) is 16.5. The summed E-state index contributed by atoms with van der Waals surface area (Å²) in [5.74, 6) is 1.78. The molecule has 0 aromatic heterocycles. The molecule has 0 amide bonds. The highest BCUT2D eigenvalue weighted by molar-refractivity contribution is 7.75. The molecule has 3 aromatic carbocycles. The topological polar surface area (TPSA) is 0 Å². The van der Waals surface area contributed by atoms with E-state index in [0.717, 1.165) is 0 Å². The Labute approximate surface area is 249 Å². The lowest BCUT2D eigenvalue weighted by Gasteiger charge is -2.29. The second-order valence-electron chi connectivity index (χ2n) is 11.6. The Morgan fingerprint density at radius 2 is 0.850 bits per heavy atom. The molecule has 0 aliphatic carbocycles. The number of rotatable bonds is 17. The standard InChI is InChI=1S/C37H54P.C2H6/c1-6-25-38(26-7-2,27-8-3)30-31-21-23-36(24-22-31)37(28-32(9-4)34-17-13-11-14-18-34)29-33(10-5)35-19-15-12-16-20-35;1-2/h11-24,32-33,37H,6-10,25-30H2,1-5H3;1-2H3/q+1;. The van der Waals surface area contributed by atoms with Crippen molar-refractivity contribution >= 4 is 7.26 Å². The van der Waals surface area contributed by atoms with Crippen LogP contribution in [0.4, 0.5) is 0 Å². The van der Waals surface area contributed by atoms with E-state index in [9.17, 15) is 0 Å². The van der Waals surface area contributed by atoms with E-state index in [1.807, 2.05) is 13.8 Å². The van der Waals surface area contributed by atoms with Crippen LogP contribution in [0.15, 0.2) is 84.9 Å². The van der Waals surface area contributed by atoms with Gasteiger partial charge in [0, 0.05) is 7.26 Å². The molecular weight excluding hydrogens is 499 g/mol. The first-order chi connectivity index (χ1) is 19.6. The quantitative estimate of drug-likeness (QED) is 0.144. The molecule has 0 heterocycles. The predicted molar refractivity (Wildman–Crippen MR) is 185 cm³/mol. The molecule has 0 aliphatic heterocycles. The van der Waals surface area contributed by atoms with Crippen molar-refractivity contribution in [3.8, 4) is 0 Å². The van der Waals surface area contributed by atoms with Crippen LogP contribution in [-0.2, 0) is 6.16 Å². The van der Waals surface area contributed by atoms with Gasteiger partial charge in [-0.3, -0.25) is 0 Å². The maximum Gasteiger partial charge on any atom is 0.0842 e.